The average Bonchev–Trinajstić information content (AvgIpc) is 2.52. The smallest absolute Gasteiger partial charge is 0.223 e. The number of benzene rings is 1. The minimum atomic E-state index is -0.164. The second-order valence-electron chi connectivity index (χ2n) is 4.72. The number of hydrogen-bond acceptors (Lipinski definition) is 3. The predicted molar refractivity (Wildman–Crippen MR) is 75.8 cm³/mol. The first kappa shape index (κ1) is 14.6. The van der Waals surface area contributed by atoms with Gasteiger partial charge in [-0.2, -0.15) is 0 Å². The van der Waals surface area contributed by atoms with Crippen LogP contribution in [-0.4, -0.2) is 30.8 Å². The van der Waals surface area contributed by atoms with Crippen LogP contribution in [0.5, 0.6) is 0 Å². The van der Waals surface area contributed by atoms with Crippen molar-refractivity contribution >= 4 is 5.91 Å². The predicted octanol–water partition coefficient (Wildman–Crippen LogP) is 1.07. The van der Waals surface area contributed by atoms with Crippen LogP contribution in [0.3, 0.4) is 0 Å². The van der Waals surface area contributed by atoms with Gasteiger partial charge in [0.2, 0.25) is 5.91 Å². The summed E-state index contributed by atoms with van der Waals surface area (Å²) in [7, 11) is 0. The summed E-state index contributed by atoms with van der Waals surface area (Å²) in [5, 5.41) is 11.7. The molecular formula is C16H19NO3. The molecule has 0 bridgehead atoms. The third-order valence-electron chi connectivity index (χ3n) is 3.36. The van der Waals surface area contributed by atoms with Gasteiger partial charge in [-0.05, 0) is 24.5 Å². The van der Waals surface area contributed by atoms with Gasteiger partial charge in [0, 0.05) is 31.2 Å². The van der Waals surface area contributed by atoms with Gasteiger partial charge in [0.1, 0.15) is 6.61 Å². The van der Waals surface area contributed by atoms with Gasteiger partial charge in [0.15, 0.2) is 0 Å². The zero-order valence-electron chi connectivity index (χ0n) is 11.4. The van der Waals surface area contributed by atoms with Crippen molar-refractivity contribution in [2.24, 2.45) is 5.92 Å². The lowest BCUT2D eigenvalue weighted by Crippen LogP contribution is -2.34. The topological polar surface area (TPSA) is 58.6 Å². The van der Waals surface area contributed by atoms with E-state index in [0.717, 1.165) is 24.0 Å². The molecule has 1 aromatic carbocycles. The minimum Gasteiger partial charge on any atom is -0.384 e. The third-order valence-corrected chi connectivity index (χ3v) is 3.36. The first-order valence-corrected chi connectivity index (χ1v) is 6.84. The van der Waals surface area contributed by atoms with Crippen LogP contribution in [0.15, 0.2) is 24.3 Å². The van der Waals surface area contributed by atoms with Crippen molar-refractivity contribution < 1.29 is 14.6 Å². The quantitative estimate of drug-likeness (QED) is 0.810. The SMILES string of the molecule is O=C(NCc1ccccc1C#CCO)C1CCOCC1. The lowest BCUT2D eigenvalue weighted by Gasteiger charge is -2.21. The van der Waals surface area contributed by atoms with Gasteiger partial charge in [-0.1, -0.05) is 30.0 Å². The Kier molecular flexibility index (Phi) is 5.60. The average molecular weight is 273 g/mol. The monoisotopic (exact) mass is 273 g/mol. The molecule has 1 aliphatic rings. The summed E-state index contributed by atoms with van der Waals surface area (Å²) in [6.45, 7) is 1.63. The maximum Gasteiger partial charge on any atom is 0.223 e. The highest BCUT2D eigenvalue weighted by Gasteiger charge is 2.21. The fourth-order valence-electron chi connectivity index (χ4n) is 2.22. The molecule has 0 radical (unpaired) electrons. The van der Waals surface area contributed by atoms with Crippen LogP contribution in [0.1, 0.15) is 24.0 Å². The van der Waals surface area contributed by atoms with E-state index in [2.05, 4.69) is 17.2 Å². The number of aliphatic hydroxyl groups excluding tert-OH is 1. The van der Waals surface area contributed by atoms with Gasteiger partial charge < -0.3 is 15.2 Å². The van der Waals surface area contributed by atoms with E-state index in [9.17, 15) is 4.79 Å². The number of carbonyl (C=O) groups is 1. The summed E-state index contributed by atoms with van der Waals surface area (Å²) in [5.74, 6) is 5.66. The molecule has 0 atom stereocenters. The molecule has 20 heavy (non-hydrogen) atoms. The number of nitrogens with one attached hydrogen (secondary N) is 1. The lowest BCUT2D eigenvalue weighted by atomic mass is 9.99. The molecule has 0 unspecified atom stereocenters. The van der Waals surface area contributed by atoms with Crippen LogP contribution in [0.25, 0.3) is 0 Å². The van der Waals surface area contributed by atoms with E-state index >= 15 is 0 Å². The van der Waals surface area contributed by atoms with Crippen molar-refractivity contribution in [3.05, 3.63) is 35.4 Å². The highest BCUT2D eigenvalue weighted by Crippen LogP contribution is 2.15. The van der Waals surface area contributed by atoms with E-state index in [1.54, 1.807) is 0 Å². The number of hydrogen-bond donors (Lipinski definition) is 2. The number of ether oxygens (including phenoxy) is 1. The molecule has 0 saturated carbocycles. The summed E-state index contributed by atoms with van der Waals surface area (Å²) in [6.07, 6.45) is 1.58. The summed E-state index contributed by atoms with van der Waals surface area (Å²) in [5.41, 5.74) is 1.81. The van der Waals surface area contributed by atoms with Crippen molar-refractivity contribution in [2.45, 2.75) is 19.4 Å². The summed E-state index contributed by atoms with van der Waals surface area (Å²) in [6, 6.07) is 7.63. The Hall–Kier alpha value is -1.83. The Balaban J connectivity index is 1.94. The Bertz CT molecular complexity index is 510. The normalized spacial score (nSPS) is 15.2. The first-order chi connectivity index (χ1) is 9.81. The number of carbonyl (C=O) groups excluding carboxylic acids is 1. The van der Waals surface area contributed by atoms with Crippen molar-refractivity contribution in [2.75, 3.05) is 19.8 Å². The molecule has 1 aromatic rings. The molecule has 1 fully saturated rings. The van der Waals surface area contributed by atoms with E-state index in [0.29, 0.717) is 19.8 Å². The molecule has 1 amide bonds. The van der Waals surface area contributed by atoms with E-state index < -0.39 is 0 Å². The van der Waals surface area contributed by atoms with Gasteiger partial charge in [0.25, 0.3) is 0 Å². The Labute approximate surface area is 119 Å². The second-order valence-corrected chi connectivity index (χ2v) is 4.72. The van der Waals surface area contributed by atoms with Crippen LogP contribution < -0.4 is 5.32 Å². The molecule has 4 heteroatoms. The summed E-state index contributed by atoms with van der Waals surface area (Å²) in [4.78, 5) is 12.1. The Morgan fingerprint density at radius 2 is 2.10 bits per heavy atom. The van der Waals surface area contributed by atoms with Gasteiger partial charge in [0.05, 0.1) is 0 Å². The largest absolute Gasteiger partial charge is 0.384 e. The molecular weight excluding hydrogens is 254 g/mol. The van der Waals surface area contributed by atoms with Crippen LogP contribution in [0.2, 0.25) is 0 Å². The molecule has 2 N–H and O–H groups in total. The maximum absolute atomic E-state index is 12.1. The summed E-state index contributed by atoms with van der Waals surface area (Å²) >= 11 is 0. The zero-order chi connectivity index (χ0) is 14.2. The van der Waals surface area contributed by atoms with Gasteiger partial charge in [-0.15, -0.1) is 0 Å². The first-order valence-electron chi connectivity index (χ1n) is 6.84. The Morgan fingerprint density at radius 1 is 1.35 bits per heavy atom. The fraction of sp³-hybridized carbons (Fsp3) is 0.438. The molecule has 4 nitrogen and oxygen atoms in total. The molecule has 1 aliphatic heterocycles. The van der Waals surface area contributed by atoms with Crippen molar-refractivity contribution in [3.8, 4) is 11.8 Å². The van der Waals surface area contributed by atoms with Crippen molar-refractivity contribution in [1.29, 1.82) is 0 Å². The minimum absolute atomic E-state index is 0.0550. The highest BCUT2D eigenvalue weighted by atomic mass is 16.5. The fourth-order valence-corrected chi connectivity index (χ4v) is 2.22. The van der Waals surface area contributed by atoms with Gasteiger partial charge in [-0.3, -0.25) is 4.79 Å². The van der Waals surface area contributed by atoms with Gasteiger partial charge >= 0.3 is 0 Å². The maximum atomic E-state index is 12.1. The van der Waals surface area contributed by atoms with Crippen LogP contribution >= 0.6 is 0 Å². The van der Waals surface area contributed by atoms with E-state index in [-0.39, 0.29) is 18.4 Å². The number of aliphatic hydroxyl groups is 1. The van der Waals surface area contributed by atoms with E-state index in [4.69, 9.17) is 9.84 Å². The molecule has 1 saturated heterocycles. The van der Waals surface area contributed by atoms with Crippen LogP contribution in [-0.2, 0) is 16.1 Å². The number of rotatable bonds is 3. The van der Waals surface area contributed by atoms with Crippen LogP contribution in [0, 0.1) is 17.8 Å². The third kappa shape index (κ3) is 4.09. The van der Waals surface area contributed by atoms with Crippen LogP contribution in [0.4, 0.5) is 0 Å². The highest BCUT2D eigenvalue weighted by molar-refractivity contribution is 5.78. The van der Waals surface area contributed by atoms with E-state index in [1.165, 1.54) is 0 Å². The van der Waals surface area contributed by atoms with Crippen molar-refractivity contribution in [3.63, 3.8) is 0 Å². The second kappa shape index (κ2) is 7.68. The summed E-state index contributed by atoms with van der Waals surface area (Å²) < 4.78 is 5.25. The molecule has 0 aromatic heterocycles. The van der Waals surface area contributed by atoms with Crippen molar-refractivity contribution in [1.82, 2.24) is 5.32 Å². The molecule has 2 rings (SSSR count). The molecule has 106 valence electrons. The molecule has 1 heterocycles. The van der Waals surface area contributed by atoms with E-state index in [1.807, 2.05) is 24.3 Å². The lowest BCUT2D eigenvalue weighted by molar-refractivity contribution is -0.128. The van der Waals surface area contributed by atoms with Gasteiger partial charge in [-0.25, -0.2) is 0 Å². The number of amides is 1. The molecule has 0 aliphatic carbocycles. The standard InChI is InChI=1S/C16H19NO3/c18-9-3-6-13-4-1-2-5-15(13)12-17-16(19)14-7-10-20-11-8-14/h1-2,4-5,14,18H,7-12H2,(H,17,19). The zero-order valence-corrected chi connectivity index (χ0v) is 11.4. The Morgan fingerprint density at radius 3 is 2.85 bits per heavy atom. The molecule has 0 spiro atoms.